The van der Waals surface area contributed by atoms with Gasteiger partial charge in [0.05, 0.1) is 5.25 Å². The summed E-state index contributed by atoms with van der Waals surface area (Å²) >= 11 is 0. The van der Waals surface area contributed by atoms with E-state index in [2.05, 4.69) is 26.1 Å². The van der Waals surface area contributed by atoms with Crippen LogP contribution < -0.4 is 5.32 Å². The molecule has 110 valence electrons. The number of hydrogen-bond donors (Lipinski definition) is 1. The van der Waals surface area contributed by atoms with Gasteiger partial charge in [-0.3, -0.25) is 0 Å². The number of nitrogens with one attached hydrogen (secondary N) is 1. The van der Waals surface area contributed by atoms with Crippen molar-refractivity contribution in [2.75, 3.05) is 26.2 Å². The Labute approximate surface area is 113 Å². The van der Waals surface area contributed by atoms with Crippen molar-refractivity contribution in [1.29, 1.82) is 0 Å². The molecular weight excluding hydrogens is 248 g/mol. The highest BCUT2D eigenvalue weighted by Crippen LogP contribution is 2.13. The summed E-state index contributed by atoms with van der Waals surface area (Å²) in [6.45, 7) is 12.6. The minimum Gasteiger partial charge on any atom is -0.315 e. The van der Waals surface area contributed by atoms with Crippen molar-refractivity contribution in [1.82, 2.24) is 9.62 Å². The summed E-state index contributed by atoms with van der Waals surface area (Å²) in [7, 11) is -3.17. The van der Waals surface area contributed by atoms with Gasteiger partial charge in [0.25, 0.3) is 0 Å². The maximum Gasteiger partial charge on any atom is 0.217 e. The molecule has 0 aliphatic rings. The minimum atomic E-state index is -3.17. The lowest BCUT2D eigenvalue weighted by atomic mass is 10.1. The van der Waals surface area contributed by atoms with Gasteiger partial charge in [0.1, 0.15) is 0 Å². The molecule has 0 aromatic rings. The Hall–Kier alpha value is -0.130. The van der Waals surface area contributed by atoms with E-state index in [1.54, 1.807) is 11.2 Å². The molecule has 0 aliphatic carbocycles. The highest BCUT2D eigenvalue weighted by molar-refractivity contribution is 7.89. The largest absolute Gasteiger partial charge is 0.315 e. The second-order valence-corrected chi connectivity index (χ2v) is 7.37. The summed E-state index contributed by atoms with van der Waals surface area (Å²) < 4.78 is 26.4. The molecule has 0 bridgehead atoms. The van der Waals surface area contributed by atoms with Crippen molar-refractivity contribution in [2.45, 2.75) is 52.7 Å². The summed E-state index contributed by atoms with van der Waals surface area (Å²) in [5, 5.41) is 2.83. The average Bonchev–Trinajstić information content (AvgIpc) is 2.35. The fraction of sp³-hybridized carbons (Fsp3) is 1.00. The number of nitrogens with zero attached hydrogens (tertiary/aromatic N) is 1. The zero-order valence-corrected chi connectivity index (χ0v) is 13.4. The van der Waals surface area contributed by atoms with E-state index < -0.39 is 10.0 Å². The molecule has 0 spiro atoms. The van der Waals surface area contributed by atoms with Crippen molar-refractivity contribution >= 4 is 10.0 Å². The van der Waals surface area contributed by atoms with Crippen molar-refractivity contribution in [2.24, 2.45) is 5.92 Å². The third-order valence-electron chi connectivity index (χ3n) is 3.29. The molecule has 0 heterocycles. The van der Waals surface area contributed by atoms with Crippen LogP contribution in [-0.4, -0.2) is 44.2 Å². The van der Waals surface area contributed by atoms with Crippen LogP contribution in [0.3, 0.4) is 0 Å². The predicted octanol–water partition coefficient (Wildman–Crippen LogP) is 2.07. The zero-order valence-electron chi connectivity index (χ0n) is 12.6. The number of hydrogen-bond acceptors (Lipinski definition) is 3. The quantitative estimate of drug-likeness (QED) is 0.622. The second kappa shape index (κ2) is 8.88. The van der Waals surface area contributed by atoms with Gasteiger partial charge in [0.2, 0.25) is 10.0 Å². The SMILES string of the molecule is CCCNCC(C)S(=O)(=O)N(CC)CC(C)CC. The normalized spacial score (nSPS) is 15.9. The fourth-order valence-corrected chi connectivity index (χ4v) is 3.39. The van der Waals surface area contributed by atoms with Crippen LogP contribution in [-0.2, 0) is 10.0 Å². The molecule has 1 N–H and O–H groups in total. The van der Waals surface area contributed by atoms with Gasteiger partial charge >= 0.3 is 0 Å². The van der Waals surface area contributed by atoms with Crippen molar-refractivity contribution in [3.63, 3.8) is 0 Å². The molecule has 0 radical (unpaired) electrons. The third kappa shape index (κ3) is 5.67. The Morgan fingerprint density at radius 3 is 2.22 bits per heavy atom. The van der Waals surface area contributed by atoms with E-state index in [9.17, 15) is 8.42 Å². The minimum absolute atomic E-state index is 0.354. The molecule has 18 heavy (non-hydrogen) atoms. The summed E-state index contributed by atoms with van der Waals surface area (Å²) in [6.07, 6.45) is 2.03. The molecule has 0 saturated heterocycles. The van der Waals surface area contributed by atoms with Crippen LogP contribution in [0.15, 0.2) is 0 Å². The van der Waals surface area contributed by atoms with Crippen LogP contribution in [0.4, 0.5) is 0 Å². The molecule has 0 aromatic heterocycles. The van der Waals surface area contributed by atoms with E-state index in [1.807, 2.05) is 6.92 Å². The van der Waals surface area contributed by atoms with Crippen LogP contribution in [0.1, 0.15) is 47.5 Å². The molecule has 5 heteroatoms. The maximum absolute atomic E-state index is 12.4. The van der Waals surface area contributed by atoms with Gasteiger partial charge in [0, 0.05) is 19.6 Å². The maximum atomic E-state index is 12.4. The van der Waals surface area contributed by atoms with Gasteiger partial charge in [-0.25, -0.2) is 12.7 Å². The molecule has 4 nitrogen and oxygen atoms in total. The fourth-order valence-electron chi connectivity index (χ4n) is 1.73. The van der Waals surface area contributed by atoms with Gasteiger partial charge in [-0.2, -0.15) is 0 Å². The molecule has 0 amide bonds. The highest BCUT2D eigenvalue weighted by atomic mass is 32.2. The molecule has 0 fully saturated rings. The van der Waals surface area contributed by atoms with Gasteiger partial charge in [-0.05, 0) is 25.8 Å². The molecule has 0 aliphatic heterocycles. The first-order valence-electron chi connectivity index (χ1n) is 7.09. The zero-order chi connectivity index (χ0) is 14.2. The summed E-state index contributed by atoms with van der Waals surface area (Å²) in [6, 6.07) is 0. The monoisotopic (exact) mass is 278 g/mol. The van der Waals surface area contributed by atoms with Crippen molar-refractivity contribution in [3.05, 3.63) is 0 Å². The first-order valence-corrected chi connectivity index (χ1v) is 8.60. The van der Waals surface area contributed by atoms with E-state index in [0.29, 0.717) is 25.6 Å². The van der Waals surface area contributed by atoms with E-state index in [-0.39, 0.29) is 5.25 Å². The Bertz CT molecular complexity index is 304. The Morgan fingerprint density at radius 1 is 1.17 bits per heavy atom. The van der Waals surface area contributed by atoms with E-state index in [1.165, 1.54) is 0 Å². The first-order chi connectivity index (χ1) is 8.39. The third-order valence-corrected chi connectivity index (χ3v) is 5.60. The Morgan fingerprint density at radius 2 is 1.78 bits per heavy atom. The lowest BCUT2D eigenvalue weighted by Crippen LogP contribution is -2.43. The summed E-state index contributed by atoms with van der Waals surface area (Å²) in [5.74, 6) is 0.413. The van der Waals surface area contributed by atoms with Gasteiger partial charge in [-0.1, -0.05) is 34.1 Å². The smallest absolute Gasteiger partial charge is 0.217 e. The summed E-state index contributed by atoms with van der Waals surface area (Å²) in [5.41, 5.74) is 0. The predicted molar refractivity (Wildman–Crippen MR) is 78.2 cm³/mol. The molecule has 0 aromatic carbocycles. The summed E-state index contributed by atoms with van der Waals surface area (Å²) in [4.78, 5) is 0. The van der Waals surface area contributed by atoms with Gasteiger partial charge in [-0.15, -0.1) is 0 Å². The molecule has 2 atom stereocenters. The molecule has 0 rings (SSSR count). The van der Waals surface area contributed by atoms with E-state index in [0.717, 1.165) is 19.4 Å². The van der Waals surface area contributed by atoms with E-state index in [4.69, 9.17) is 0 Å². The highest BCUT2D eigenvalue weighted by Gasteiger charge is 2.27. The lowest BCUT2D eigenvalue weighted by Gasteiger charge is -2.27. The first kappa shape index (κ1) is 17.9. The van der Waals surface area contributed by atoms with Crippen molar-refractivity contribution in [3.8, 4) is 0 Å². The van der Waals surface area contributed by atoms with Crippen LogP contribution in [0, 0.1) is 5.92 Å². The van der Waals surface area contributed by atoms with Crippen LogP contribution >= 0.6 is 0 Å². The Balaban J connectivity index is 4.54. The topological polar surface area (TPSA) is 49.4 Å². The lowest BCUT2D eigenvalue weighted by molar-refractivity contribution is 0.357. The number of sulfonamides is 1. The van der Waals surface area contributed by atoms with E-state index >= 15 is 0 Å². The standard InChI is InChI=1S/C13H30N2O2S/c1-6-9-14-10-13(5)18(16,17)15(8-3)11-12(4)7-2/h12-14H,6-11H2,1-5H3. The molecule has 0 saturated carbocycles. The van der Waals surface area contributed by atoms with Crippen LogP contribution in [0.5, 0.6) is 0 Å². The second-order valence-electron chi connectivity index (χ2n) is 5.02. The Kier molecular flexibility index (Phi) is 8.82. The average molecular weight is 278 g/mol. The van der Waals surface area contributed by atoms with Crippen LogP contribution in [0.2, 0.25) is 0 Å². The molecular formula is C13H30N2O2S. The van der Waals surface area contributed by atoms with Crippen molar-refractivity contribution < 1.29 is 8.42 Å². The molecule has 2 unspecified atom stereocenters. The van der Waals surface area contributed by atoms with Crippen LogP contribution in [0.25, 0.3) is 0 Å². The number of rotatable bonds is 10. The van der Waals surface area contributed by atoms with Gasteiger partial charge in [0.15, 0.2) is 0 Å². The van der Waals surface area contributed by atoms with Gasteiger partial charge < -0.3 is 5.32 Å².